The van der Waals surface area contributed by atoms with Gasteiger partial charge in [-0.05, 0) is 102 Å². The summed E-state index contributed by atoms with van der Waals surface area (Å²) in [5, 5.41) is 10.8. The fourth-order valence-electron chi connectivity index (χ4n) is 6.68. The number of hydrogen-bond acceptors (Lipinski definition) is 0. The Morgan fingerprint density at radius 3 is 1.15 bits per heavy atom. The molecule has 0 saturated carbocycles. The first-order valence-electron chi connectivity index (χ1n) is 15.1. The van der Waals surface area contributed by atoms with Gasteiger partial charge < -0.3 is 0 Å². The van der Waals surface area contributed by atoms with Crippen molar-refractivity contribution in [3.05, 3.63) is 120 Å². The van der Waals surface area contributed by atoms with Crippen LogP contribution in [0.3, 0.4) is 0 Å². The van der Waals surface area contributed by atoms with E-state index in [1.165, 1.54) is 102 Å². The molecular formula is C40H36. The number of rotatable bonds is 8. The predicted molar refractivity (Wildman–Crippen MR) is 176 cm³/mol. The molecule has 0 fully saturated rings. The summed E-state index contributed by atoms with van der Waals surface area (Å²) in [7, 11) is 0. The zero-order chi connectivity index (χ0) is 27.1. The monoisotopic (exact) mass is 516 g/mol. The van der Waals surface area contributed by atoms with Crippen LogP contribution in [0.5, 0.6) is 0 Å². The SMILES string of the molecule is CCCCc1ccc(-c2ccc3c4cccc5c(-c6ccc(CCCC)cc6)ccc(c6cccc2c63)c54)cc1. The van der Waals surface area contributed by atoms with Crippen LogP contribution in [0.4, 0.5) is 0 Å². The van der Waals surface area contributed by atoms with Gasteiger partial charge in [-0.2, -0.15) is 0 Å². The summed E-state index contributed by atoms with van der Waals surface area (Å²) in [4.78, 5) is 0. The zero-order valence-electron chi connectivity index (χ0n) is 23.6. The summed E-state index contributed by atoms with van der Waals surface area (Å²) in [5.74, 6) is 0. The van der Waals surface area contributed by atoms with Gasteiger partial charge in [-0.3, -0.25) is 0 Å². The summed E-state index contributed by atoms with van der Waals surface area (Å²) in [6.07, 6.45) is 7.28. The largest absolute Gasteiger partial charge is 0.0654 e. The van der Waals surface area contributed by atoms with Gasteiger partial charge in [-0.25, -0.2) is 0 Å². The van der Waals surface area contributed by atoms with Gasteiger partial charge in [-0.15, -0.1) is 0 Å². The molecule has 0 aliphatic carbocycles. The van der Waals surface area contributed by atoms with E-state index < -0.39 is 0 Å². The number of aryl methyl sites for hydroxylation is 2. The van der Waals surface area contributed by atoms with Gasteiger partial charge in [-0.1, -0.05) is 136 Å². The van der Waals surface area contributed by atoms with E-state index in [9.17, 15) is 0 Å². The molecule has 0 aromatic heterocycles. The third-order valence-electron chi connectivity index (χ3n) is 8.83. The third-order valence-corrected chi connectivity index (χ3v) is 8.83. The Morgan fingerprint density at radius 2 is 0.750 bits per heavy atom. The van der Waals surface area contributed by atoms with E-state index >= 15 is 0 Å². The van der Waals surface area contributed by atoms with Gasteiger partial charge in [0.05, 0.1) is 0 Å². The van der Waals surface area contributed by atoms with Crippen molar-refractivity contribution >= 4 is 43.1 Å². The lowest BCUT2D eigenvalue weighted by Crippen LogP contribution is -1.91. The highest BCUT2D eigenvalue weighted by molar-refractivity contribution is 6.35. The molecule has 7 rings (SSSR count). The quantitative estimate of drug-likeness (QED) is 0.139. The van der Waals surface area contributed by atoms with Crippen molar-refractivity contribution in [2.24, 2.45) is 0 Å². The summed E-state index contributed by atoms with van der Waals surface area (Å²) in [5.41, 5.74) is 8.09. The first kappa shape index (κ1) is 24.9. The van der Waals surface area contributed by atoms with E-state index in [-0.39, 0.29) is 0 Å². The van der Waals surface area contributed by atoms with Crippen LogP contribution in [-0.2, 0) is 12.8 Å². The standard InChI is InChI=1S/C40H36/c1-3-5-9-27-15-19-29(20-16-27)31-23-25-37-36-14-8-12-34-32(30-21-17-28(18-22-30)10-6-4-2)24-26-38(40(34)36)35-13-7-11-33(31)39(35)37/h7-8,11-26H,3-6,9-10H2,1-2H3. The summed E-state index contributed by atoms with van der Waals surface area (Å²) in [6, 6.07) is 41.6. The van der Waals surface area contributed by atoms with Crippen LogP contribution in [0.25, 0.3) is 65.3 Å². The van der Waals surface area contributed by atoms with Gasteiger partial charge in [0.15, 0.2) is 0 Å². The molecule has 40 heavy (non-hydrogen) atoms. The van der Waals surface area contributed by atoms with E-state index in [4.69, 9.17) is 0 Å². The van der Waals surface area contributed by atoms with Crippen LogP contribution in [-0.4, -0.2) is 0 Å². The van der Waals surface area contributed by atoms with E-state index in [1.807, 2.05) is 0 Å². The number of hydrogen-bond donors (Lipinski definition) is 0. The summed E-state index contributed by atoms with van der Waals surface area (Å²) < 4.78 is 0. The van der Waals surface area contributed by atoms with E-state index in [1.54, 1.807) is 0 Å². The van der Waals surface area contributed by atoms with E-state index in [0.29, 0.717) is 0 Å². The molecule has 196 valence electrons. The maximum absolute atomic E-state index is 2.36. The highest BCUT2D eigenvalue weighted by Crippen LogP contribution is 2.45. The molecule has 0 spiro atoms. The Morgan fingerprint density at radius 1 is 0.375 bits per heavy atom. The van der Waals surface area contributed by atoms with Crippen molar-refractivity contribution in [2.75, 3.05) is 0 Å². The van der Waals surface area contributed by atoms with E-state index in [2.05, 4.69) is 123 Å². The highest BCUT2D eigenvalue weighted by atomic mass is 14.2. The van der Waals surface area contributed by atoms with Gasteiger partial charge in [0.25, 0.3) is 0 Å². The van der Waals surface area contributed by atoms with Crippen LogP contribution < -0.4 is 0 Å². The molecule has 0 saturated heterocycles. The molecule has 0 amide bonds. The minimum atomic E-state index is 1.16. The Hall–Kier alpha value is -4.16. The lowest BCUT2D eigenvalue weighted by Gasteiger charge is -2.18. The molecule has 0 nitrogen and oxygen atoms in total. The summed E-state index contributed by atoms with van der Waals surface area (Å²) >= 11 is 0. The van der Waals surface area contributed by atoms with Crippen LogP contribution in [0.2, 0.25) is 0 Å². The maximum Gasteiger partial charge on any atom is -0.00201 e. The average molecular weight is 517 g/mol. The molecule has 0 aliphatic rings. The second-order valence-electron chi connectivity index (χ2n) is 11.4. The van der Waals surface area contributed by atoms with Gasteiger partial charge in [0, 0.05) is 0 Å². The zero-order valence-corrected chi connectivity index (χ0v) is 23.6. The summed E-state index contributed by atoms with van der Waals surface area (Å²) in [6.45, 7) is 4.52. The molecule has 0 heteroatoms. The molecule has 7 aromatic rings. The van der Waals surface area contributed by atoms with Crippen LogP contribution in [0.1, 0.15) is 50.7 Å². The Balaban J connectivity index is 1.41. The molecule has 0 heterocycles. The lowest BCUT2D eigenvalue weighted by molar-refractivity contribution is 0.795. The normalized spacial score (nSPS) is 11.8. The van der Waals surface area contributed by atoms with Crippen molar-refractivity contribution in [1.29, 1.82) is 0 Å². The van der Waals surface area contributed by atoms with Crippen molar-refractivity contribution in [2.45, 2.75) is 52.4 Å². The second kappa shape index (κ2) is 10.4. The number of fused-ring (bicyclic) bond motifs is 2. The first-order valence-corrected chi connectivity index (χ1v) is 15.1. The fraction of sp³-hybridized carbons (Fsp3) is 0.200. The third kappa shape index (κ3) is 4.14. The Kier molecular flexibility index (Phi) is 6.48. The highest BCUT2D eigenvalue weighted by Gasteiger charge is 2.17. The van der Waals surface area contributed by atoms with E-state index in [0.717, 1.165) is 12.8 Å². The van der Waals surface area contributed by atoms with Crippen LogP contribution >= 0.6 is 0 Å². The molecule has 0 aliphatic heterocycles. The smallest absolute Gasteiger partial charge is 0.00201 e. The number of unbranched alkanes of at least 4 members (excludes halogenated alkanes) is 2. The molecule has 0 radical (unpaired) electrons. The van der Waals surface area contributed by atoms with Gasteiger partial charge >= 0.3 is 0 Å². The van der Waals surface area contributed by atoms with Crippen molar-refractivity contribution in [3.8, 4) is 22.3 Å². The van der Waals surface area contributed by atoms with Crippen LogP contribution in [0, 0.1) is 0 Å². The molecule has 7 aromatic carbocycles. The van der Waals surface area contributed by atoms with Crippen LogP contribution in [0.15, 0.2) is 109 Å². The molecule has 0 unspecified atom stereocenters. The predicted octanol–water partition coefficient (Wildman–Crippen LogP) is 11.8. The van der Waals surface area contributed by atoms with Gasteiger partial charge in [0.2, 0.25) is 0 Å². The van der Waals surface area contributed by atoms with Crippen molar-refractivity contribution in [3.63, 3.8) is 0 Å². The van der Waals surface area contributed by atoms with Crippen molar-refractivity contribution < 1.29 is 0 Å². The Bertz CT molecular complexity index is 1770. The minimum absolute atomic E-state index is 1.16. The molecule has 0 bridgehead atoms. The Labute approximate surface area is 237 Å². The molecule has 0 atom stereocenters. The first-order chi connectivity index (χ1) is 19.8. The topological polar surface area (TPSA) is 0 Å². The van der Waals surface area contributed by atoms with Gasteiger partial charge in [0.1, 0.15) is 0 Å². The molecule has 0 N–H and O–H groups in total. The molecular weight excluding hydrogens is 480 g/mol. The van der Waals surface area contributed by atoms with Crippen molar-refractivity contribution in [1.82, 2.24) is 0 Å². The minimum Gasteiger partial charge on any atom is -0.0654 e. The second-order valence-corrected chi connectivity index (χ2v) is 11.4. The maximum atomic E-state index is 2.36. The average Bonchev–Trinajstić information content (AvgIpc) is 3.01. The lowest BCUT2D eigenvalue weighted by atomic mass is 9.85. The number of benzene rings is 7. The fourth-order valence-corrected chi connectivity index (χ4v) is 6.68.